The molecule has 0 aliphatic carbocycles. The van der Waals surface area contributed by atoms with Gasteiger partial charge in [-0.05, 0) is 62.5 Å². The van der Waals surface area contributed by atoms with E-state index in [1.165, 1.54) is 89.9 Å². The predicted octanol–water partition coefficient (Wildman–Crippen LogP) is 12.4. The van der Waals surface area contributed by atoms with Gasteiger partial charge in [-0.3, -0.25) is 0 Å². The van der Waals surface area contributed by atoms with Gasteiger partial charge >= 0.3 is 0 Å². The molecule has 8 rings (SSSR count). The number of ether oxygens (including phenoxy) is 2. The average Bonchev–Trinajstić information content (AvgIpc) is 3.92. The van der Waals surface area contributed by atoms with Gasteiger partial charge in [0.15, 0.2) is 0 Å². The Morgan fingerprint density at radius 3 is 2.16 bits per heavy atom. The summed E-state index contributed by atoms with van der Waals surface area (Å²) in [5, 5.41) is 7.82. The molecule has 0 N–H and O–H groups in total. The summed E-state index contributed by atoms with van der Waals surface area (Å²) in [4.78, 5) is 0. The highest BCUT2D eigenvalue weighted by Crippen LogP contribution is 2.46. The van der Waals surface area contributed by atoms with Crippen LogP contribution in [0.4, 0.5) is 5.69 Å². The van der Waals surface area contributed by atoms with E-state index in [2.05, 4.69) is 142 Å². The maximum atomic E-state index is 6.35. The van der Waals surface area contributed by atoms with Crippen LogP contribution in [0.1, 0.15) is 110 Å². The van der Waals surface area contributed by atoms with Gasteiger partial charge in [0.05, 0.1) is 16.5 Å². The minimum absolute atomic E-state index is 0.235. The molecule has 0 spiro atoms. The van der Waals surface area contributed by atoms with E-state index >= 15 is 0 Å². The van der Waals surface area contributed by atoms with Gasteiger partial charge < -0.3 is 14.0 Å². The maximum absolute atomic E-state index is 6.35. The van der Waals surface area contributed by atoms with Gasteiger partial charge in [-0.2, -0.15) is 4.58 Å². The lowest BCUT2D eigenvalue weighted by Crippen LogP contribution is -2.16. The minimum atomic E-state index is 0.235. The highest BCUT2D eigenvalue weighted by Gasteiger charge is 2.35. The molecule has 0 bridgehead atoms. The first-order chi connectivity index (χ1) is 26.9. The van der Waals surface area contributed by atoms with Crippen LogP contribution in [0.2, 0.25) is 0 Å². The molecule has 4 aromatic carbocycles. The van der Waals surface area contributed by atoms with Crippen LogP contribution in [-0.4, -0.2) is 33.6 Å². The van der Waals surface area contributed by atoms with Crippen molar-refractivity contribution in [3.63, 3.8) is 0 Å². The summed E-state index contributed by atoms with van der Waals surface area (Å²) in [7, 11) is 0. The smallest absolute Gasteiger partial charge is 0.215 e. The topological polar surface area (TPSA) is 26.4 Å². The van der Waals surface area contributed by atoms with Crippen molar-refractivity contribution in [3.05, 3.63) is 118 Å². The molecule has 4 heterocycles. The van der Waals surface area contributed by atoms with Crippen LogP contribution < -0.4 is 14.8 Å². The second kappa shape index (κ2) is 16.1. The monoisotopic (exact) mass is 731 g/mol. The fourth-order valence-corrected chi connectivity index (χ4v) is 9.30. The van der Waals surface area contributed by atoms with Crippen molar-refractivity contribution in [1.29, 1.82) is 0 Å². The fraction of sp³-hybridized carbons (Fsp3) is 0.392. The van der Waals surface area contributed by atoms with Crippen molar-refractivity contribution in [2.45, 2.75) is 125 Å². The maximum Gasteiger partial charge on any atom is 0.215 e. The van der Waals surface area contributed by atoms with Crippen molar-refractivity contribution in [2.75, 3.05) is 6.54 Å². The van der Waals surface area contributed by atoms with Crippen molar-refractivity contribution in [3.8, 4) is 11.5 Å². The lowest BCUT2D eigenvalue weighted by molar-refractivity contribution is -0.436. The summed E-state index contributed by atoms with van der Waals surface area (Å²) in [5.41, 5.74) is 10.8. The van der Waals surface area contributed by atoms with Crippen molar-refractivity contribution < 1.29 is 14.0 Å². The molecular weight excluding hydrogens is 673 g/mol. The second-order valence-electron chi connectivity index (χ2n) is 16.1. The molecule has 4 heteroatoms. The molecular formula is C51H59N2O2+. The van der Waals surface area contributed by atoms with E-state index in [9.17, 15) is 0 Å². The molecule has 1 aromatic heterocycles. The SMILES string of the molecule is CCCCn1/c(=C/C=C/C(=C/C(=C/C=C/C2=[N+](CCCC)c3cc4c(c5cccc2c35)OC(C)C4)CCC)CCC)c2cccc3c4c(cc1c32)CC(C)O4. The molecule has 2 atom stereocenters. The van der Waals surface area contributed by atoms with Gasteiger partial charge in [-0.15, -0.1) is 0 Å². The average molecular weight is 732 g/mol. The Balaban J connectivity index is 1.14. The van der Waals surface area contributed by atoms with Crippen LogP contribution in [-0.2, 0) is 19.4 Å². The lowest BCUT2D eigenvalue weighted by Gasteiger charge is -2.09. The van der Waals surface area contributed by atoms with Crippen LogP contribution in [0, 0.1) is 0 Å². The summed E-state index contributed by atoms with van der Waals surface area (Å²) < 4.78 is 17.8. The van der Waals surface area contributed by atoms with Gasteiger partial charge in [-0.1, -0.05) is 114 Å². The highest BCUT2D eigenvalue weighted by atomic mass is 16.5. The second-order valence-corrected chi connectivity index (χ2v) is 16.1. The van der Waals surface area contributed by atoms with Crippen LogP contribution in [0.15, 0.2) is 96.1 Å². The molecule has 55 heavy (non-hydrogen) atoms. The molecule has 4 nitrogen and oxygen atoms in total. The largest absolute Gasteiger partial charge is 0.489 e. The zero-order chi connectivity index (χ0) is 38.1. The van der Waals surface area contributed by atoms with Crippen molar-refractivity contribution in [1.82, 2.24) is 4.57 Å². The Morgan fingerprint density at radius 2 is 1.44 bits per heavy atom. The summed E-state index contributed by atoms with van der Waals surface area (Å²) in [5.74, 6) is 2.18. The lowest BCUT2D eigenvalue weighted by atomic mass is 9.98. The van der Waals surface area contributed by atoms with Crippen molar-refractivity contribution >= 4 is 49.9 Å². The van der Waals surface area contributed by atoms with E-state index in [-0.39, 0.29) is 12.2 Å². The zero-order valence-corrected chi connectivity index (χ0v) is 34.0. The number of hydrogen-bond donors (Lipinski definition) is 0. The molecule has 0 saturated carbocycles. The van der Waals surface area contributed by atoms with Crippen LogP contribution >= 0.6 is 0 Å². The number of allylic oxidation sites excluding steroid dienone is 8. The van der Waals surface area contributed by atoms with E-state index in [0.717, 1.165) is 76.0 Å². The van der Waals surface area contributed by atoms with Crippen molar-refractivity contribution in [2.24, 2.45) is 0 Å². The number of aryl methyl sites for hydroxylation is 1. The molecule has 5 aromatic rings. The number of benzene rings is 4. The Hall–Kier alpha value is -4.83. The minimum Gasteiger partial charge on any atom is -0.489 e. The molecule has 0 saturated heterocycles. The Morgan fingerprint density at radius 1 is 0.764 bits per heavy atom. The van der Waals surface area contributed by atoms with Gasteiger partial charge in [0, 0.05) is 76.0 Å². The Kier molecular flexibility index (Phi) is 10.9. The molecule has 0 amide bonds. The number of rotatable bonds is 15. The number of aromatic nitrogens is 1. The third kappa shape index (κ3) is 6.98. The number of unbranched alkanes of at least 4 members (excludes halogenated alkanes) is 2. The molecule has 0 fully saturated rings. The Labute approximate surface area is 328 Å². The predicted molar refractivity (Wildman–Crippen MR) is 234 cm³/mol. The number of fused-ring (bicyclic) bond motifs is 4. The number of hydrogen-bond acceptors (Lipinski definition) is 2. The van der Waals surface area contributed by atoms with Crippen LogP contribution in [0.25, 0.3) is 38.5 Å². The normalized spacial score (nSPS) is 18.6. The van der Waals surface area contributed by atoms with Gasteiger partial charge in [0.1, 0.15) is 30.3 Å². The fourth-order valence-electron chi connectivity index (χ4n) is 9.30. The third-order valence-electron chi connectivity index (χ3n) is 11.8. The van der Waals surface area contributed by atoms with E-state index in [1.54, 1.807) is 0 Å². The van der Waals surface area contributed by atoms with Gasteiger partial charge in [0.25, 0.3) is 0 Å². The van der Waals surface area contributed by atoms with E-state index in [4.69, 9.17) is 9.47 Å². The molecule has 0 radical (unpaired) electrons. The summed E-state index contributed by atoms with van der Waals surface area (Å²) >= 11 is 0. The van der Waals surface area contributed by atoms with E-state index in [1.807, 2.05) is 0 Å². The van der Waals surface area contributed by atoms with E-state index in [0.29, 0.717) is 0 Å². The quantitative estimate of drug-likeness (QED) is 0.0792. The first kappa shape index (κ1) is 37.1. The molecule has 3 aliphatic rings. The summed E-state index contributed by atoms with van der Waals surface area (Å²) in [6.07, 6.45) is 27.9. The molecule has 2 unspecified atom stereocenters. The summed E-state index contributed by atoms with van der Waals surface area (Å²) in [6, 6.07) is 18.3. The first-order valence-corrected chi connectivity index (χ1v) is 21.3. The van der Waals surface area contributed by atoms with Crippen LogP contribution in [0.3, 0.4) is 0 Å². The zero-order valence-electron chi connectivity index (χ0n) is 34.0. The molecule has 3 aliphatic heterocycles. The third-order valence-corrected chi connectivity index (χ3v) is 11.8. The number of nitrogens with zero attached hydrogens (tertiary/aromatic N) is 2. The Bertz CT molecular complexity index is 2470. The standard InChI is InChI=1S/C51H59N2O2/c1-7-11-27-52-44(40-21-15-23-42-48(40)46(52)32-38-29-34(5)54-50(38)42)25-13-19-36(17-9-3)31-37(18-10-4)20-14-26-45-41-22-16-24-43-49(41)47(53(45)28-12-8-2)33-39-30-35(6)55-51(39)43/h13-16,19-26,31-35H,7-12,17-18,27-30H2,1-6H3/q+1. The first-order valence-electron chi connectivity index (χ1n) is 21.3. The van der Waals surface area contributed by atoms with E-state index < -0.39 is 0 Å². The van der Waals surface area contributed by atoms with Crippen LogP contribution in [0.5, 0.6) is 11.5 Å². The molecule has 284 valence electrons. The van der Waals surface area contributed by atoms with Gasteiger partial charge in [0.2, 0.25) is 11.4 Å². The van der Waals surface area contributed by atoms with Gasteiger partial charge in [-0.25, -0.2) is 0 Å². The highest BCUT2D eigenvalue weighted by molar-refractivity contribution is 6.21. The summed E-state index contributed by atoms with van der Waals surface area (Å²) in [6.45, 7) is 15.5.